The molecule has 7 nitrogen and oxygen atoms in total. The monoisotopic (exact) mass is 402 g/mol. The van der Waals surface area contributed by atoms with Crippen molar-refractivity contribution in [1.29, 1.82) is 0 Å². The van der Waals surface area contributed by atoms with Crippen LogP contribution in [0, 0.1) is 10.1 Å². The van der Waals surface area contributed by atoms with Gasteiger partial charge in [-0.1, -0.05) is 0 Å². The van der Waals surface area contributed by atoms with Crippen LogP contribution < -0.4 is 16.8 Å². The topological polar surface area (TPSA) is 124 Å². The van der Waals surface area contributed by atoms with Crippen LogP contribution >= 0.6 is 15.9 Å². The highest BCUT2D eigenvalue weighted by molar-refractivity contribution is 9.10. The number of hydrogen-bond acceptors (Lipinski definition) is 5. The Morgan fingerprint density at radius 1 is 1.43 bits per heavy atom. The summed E-state index contributed by atoms with van der Waals surface area (Å²) in [4.78, 5) is 21.1. The molecular weight excluding hydrogens is 392 g/mol. The summed E-state index contributed by atoms with van der Waals surface area (Å²) in [6, 6.07) is -2.47. The number of nitrogens with one attached hydrogen (secondary N) is 1. The first-order chi connectivity index (χ1) is 10.4. The molecule has 1 aromatic carbocycles. The van der Waals surface area contributed by atoms with E-state index in [1.165, 1.54) is 0 Å². The molecule has 23 heavy (non-hydrogen) atoms. The van der Waals surface area contributed by atoms with Crippen LogP contribution in [0.1, 0.15) is 10.4 Å². The standard InChI is InChI=1S/C11H11BrF4N4O3/c12-5-1-4(10(17)21)2-7(20(22)23)8(5)19-3-6(13)9(14)11(15,16)18/h1-2,6,9,19H,3,18H2,(H2,17,21). The van der Waals surface area contributed by atoms with Gasteiger partial charge in [-0.05, 0) is 22.0 Å². The minimum Gasteiger partial charge on any atom is -0.376 e. The van der Waals surface area contributed by atoms with Gasteiger partial charge >= 0.3 is 6.05 Å². The summed E-state index contributed by atoms with van der Waals surface area (Å²) >= 11 is 2.90. The number of benzene rings is 1. The van der Waals surface area contributed by atoms with Gasteiger partial charge in [-0.15, -0.1) is 0 Å². The van der Waals surface area contributed by atoms with Crippen LogP contribution in [0.2, 0.25) is 0 Å². The third kappa shape index (κ3) is 4.76. The second-order valence-electron chi connectivity index (χ2n) is 4.45. The third-order valence-electron chi connectivity index (χ3n) is 2.71. The molecule has 0 saturated heterocycles. The third-order valence-corrected chi connectivity index (χ3v) is 3.34. The summed E-state index contributed by atoms with van der Waals surface area (Å²) in [5.41, 5.74) is 7.97. The van der Waals surface area contributed by atoms with Crippen molar-refractivity contribution in [3.63, 3.8) is 0 Å². The lowest BCUT2D eigenvalue weighted by atomic mass is 10.1. The SMILES string of the molecule is NC(=O)c1cc(Br)c(NCC(F)C(F)C(N)(F)F)c([N+](=O)[O-])c1. The van der Waals surface area contributed by atoms with Crippen molar-refractivity contribution in [2.45, 2.75) is 18.4 Å². The Bertz CT molecular complexity index is 626. The molecule has 5 N–H and O–H groups in total. The first kappa shape index (κ1) is 19.1. The van der Waals surface area contributed by atoms with Crippen molar-refractivity contribution in [2.75, 3.05) is 11.9 Å². The van der Waals surface area contributed by atoms with Crippen LogP contribution in [0.4, 0.5) is 28.9 Å². The largest absolute Gasteiger partial charge is 0.376 e. The fraction of sp³-hybridized carbons (Fsp3) is 0.364. The number of nitro benzene ring substituents is 1. The molecular formula is C11H11BrF4N4O3. The summed E-state index contributed by atoms with van der Waals surface area (Å²) in [5.74, 6) is -0.949. The molecule has 128 valence electrons. The lowest BCUT2D eigenvalue weighted by molar-refractivity contribution is -0.384. The molecule has 0 aliphatic rings. The van der Waals surface area contributed by atoms with Crippen LogP contribution in [0.3, 0.4) is 0 Å². The predicted octanol–water partition coefficient (Wildman–Crippen LogP) is 2.10. The molecule has 0 radical (unpaired) electrons. The predicted molar refractivity (Wildman–Crippen MR) is 76.7 cm³/mol. The van der Waals surface area contributed by atoms with Gasteiger partial charge in [-0.2, -0.15) is 8.78 Å². The minimum atomic E-state index is -4.39. The van der Waals surface area contributed by atoms with Gasteiger partial charge < -0.3 is 11.1 Å². The fourth-order valence-corrected chi connectivity index (χ4v) is 2.19. The lowest BCUT2D eigenvalue weighted by Gasteiger charge is -2.20. The van der Waals surface area contributed by atoms with Gasteiger partial charge in [0.15, 0.2) is 6.17 Å². The van der Waals surface area contributed by atoms with Gasteiger partial charge in [0, 0.05) is 22.6 Å². The molecule has 0 aromatic heterocycles. The smallest absolute Gasteiger partial charge is 0.333 e. The number of rotatable bonds is 7. The summed E-state index contributed by atoms with van der Waals surface area (Å²) in [7, 11) is 0. The van der Waals surface area contributed by atoms with Crippen LogP contribution in [-0.4, -0.2) is 35.8 Å². The van der Waals surface area contributed by atoms with Gasteiger partial charge in [0.2, 0.25) is 12.1 Å². The van der Waals surface area contributed by atoms with E-state index in [1.807, 2.05) is 0 Å². The van der Waals surface area contributed by atoms with E-state index in [0.717, 1.165) is 12.1 Å². The first-order valence-corrected chi connectivity index (χ1v) is 6.71. The summed E-state index contributed by atoms with van der Waals surface area (Å²) in [6.45, 7) is -1.01. The number of halogens is 5. The molecule has 0 aliphatic heterocycles. The molecule has 0 fully saturated rings. The highest BCUT2D eigenvalue weighted by Crippen LogP contribution is 2.34. The Morgan fingerprint density at radius 2 is 2.00 bits per heavy atom. The average Bonchev–Trinajstić information content (AvgIpc) is 2.42. The zero-order valence-corrected chi connectivity index (χ0v) is 12.8. The van der Waals surface area contributed by atoms with E-state index >= 15 is 0 Å². The number of nitro groups is 1. The molecule has 0 heterocycles. The quantitative estimate of drug-likeness (QED) is 0.278. The van der Waals surface area contributed by atoms with Crippen molar-refractivity contribution in [1.82, 2.24) is 0 Å². The second-order valence-corrected chi connectivity index (χ2v) is 5.30. The molecule has 1 aromatic rings. The zero-order valence-electron chi connectivity index (χ0n) is 11.2. The van der Waals surface area contributed by atoms with E-state index in [1.54, 1.807) is 0 Å². The van der Waals surface area contributed by atoms with Gasteiger partial charge in [0.1, 0.15) is 5.69 Å². The van der Waals surface area contributed by atoms with Gasteiger partial charge in [0.25, 0.3) is 5.69 Å². The normalized spacial score (nSPS) is 14.2. The van der Waals surface area contributed by atoms with E-state index in [2.05, 4.69) is 27.0 Å². The summed E-state index contributed by atoms with van der Waals surface area (Å²) in [6.07, 6.45) is -6.02. The maximum absolute atomic E-state index is 13.4. The highest BCUT2D eigenvalue weighted by Gasteiger charge is 2.42. The Morgan fingerprint density at radius 3 is 2.43 bits per heavy atom. The Kier molecular flexibility index (Phi) is 5.88. The molecule has 1 rings (SSSR count). The van der Waals surface area contributed by atoms with Crippen molar-refractivity contribution in [3.05, 3.63) is 32.3 Å². The number of nitrogens with zero attached hydrogens (tertiary/aromatic N) is 1. The van der Waals surface area contributed by atoms with E-state index in [4.69, 9.17) is 5.73 Å². The number of carbonyl (C=O) groups excluding carboxylic acids is 1. The van der Waals surface area contributed by atoms with Crippen LogP contribution in [-0.2, 0) is 0 Å². The summed E-state index contributed by atoms with van der Waals surface area (Å²) < 4.78 is 51.4. The minimum absolute atomic E-state index is 0.0531. The molecule has 0 bridgehead atoms. The molecule has 0 saturated carbocycles. The number of hydrogen-bond donors (Lipinski definition) is 3. The van der Waals surface area contributed by atoms with Crippen LogP contribution in [0.15, 0.2) is 16.6 Å². The average molecular weight is 403 g/mol. The Balaban J connectivity index is 3.05. The van der Waals surface area contributed by atoms with Crippen molar-refractivity contribution in [3.8, 4) is 0 Å². The lowest BCUT2D eigenvalue weighted by Crippen LogP contribution is -2.47. The van der Waals surface area contributed by atoms with E-state index in [9.17, 15) is 32.5 Å². The molecule has 2 unspecified atom stereocenters. The molecule has 0 aliphatic carbocycles. The van der Waals surface area contributed by atoms with Crippen molar-refractivity contribution >= 4 is 33.2 Å². The number of anilines is 1. The maximum Gasteiger partial charge on any atom is 0.333 e. The molecule has 2 atom stereocenters. The van der Waals surface area contributed by atoms with E-state index < -0.39 is 41.5 Å². The van der Waals surface area contributed by atoms with Gasteiger partial charge in [-0.25, -0.2) is 8.78 Å². The van der Waals surface area contributed by atoms with Crippen molar-refractivity contribution in [2.24, 2.45) is 11.5 Å². The van der Waals surface area contributed by atoms with E-state index in [0.29, 0.717) is 0 Å². The fourth-order valence-electron chi connectivity index (χ4n) is 1.60. The number of primary amides is 1. The first-order valence-electron chi connectivity index (χ1n) is 5.91. The second kappa shape index (κ2) is 7.08. The van der Waals surface area contributed by atoms with Crippen LogP contribution in [0.5, 0.6) is 0 Å². The van der Waals surface area contributed by atoms with E-state index in [-0.39, 0.29) is 15.7 Å². The molecule has 0 spiro atoms. The van der Waals surface area contributed by atoms with Gasteiger partial charge in [0.05, 0.1) is 4.92 Å². The summed E-state index contributed by atoms with van der Waals surface area (Å²) in [5, 5.41) is 13.1. The van der Waals surface area contributed by atoms with Crippen LogP contribution in [0.25, 0.3) is 0 Å². The zero-order chi connectivity index (χ0) is 17.9. The van der Waals surface area contributed by atoms with Gasteiger partial charge in [-0.3, -0.25) is 20.6 Å². The molecule has 1 amide bonds. The number of alkyl halides is 4. The number of amides is 1. The van der Waals surface area contributed by atoms with Crippen molar-refractivity contribution < 1.29 is 27.3 Å². The number of nitrogens with two attached hydrogens (primary N) is 2. The Labute approximate surface area is 135 Å². The molecule has 12 heteroatoms. The Hall–Kier alpha value is -1.95. The maximum atomic E-state index is 13.4. The highest BCUT2D eigenvalue weighted by atomic mass is 79.9. The number of carbonyl (C=O) groups is 1.